The monoisotopic (exact) mass is 251 g/mol. The molecule has 2 aliphatic rings. The molecule has 2 saturated heterocycles. The number of anilines is 1. The Bertz CT molecular complexity index is 451. The van der Waals surface area contributed by atoms with Crippen molar-refractivity contribution in [1.82, 2.24) is 10.2 Å². The van der Waals surface area contributed by atoms with Crippen LogP contribution in [0.4, 0.5) is 5.82 Å². The molecule has 0 amide bonds. The number of Topliss-reactive ketones (excluding diaryl/α,β-unsaturated/α-hetero) is 1. The third-order valence-corrected chi connectivity index (χ3v) is 3.87. The van der Waals surface area contributed by atoms with E-state index in [-0.39, 0.29) is 17.3 Å². The van der Waals surface area contributed by atoms with Crippen LogP contribution in [0.2, 0.25) is 0 Å². The molecule has 3 heterocycles. The highest BCUT2D eigenvalue weighted by Gasteiger charge is 2.43. The third kappa shape index (κ3) is 1.91. The van der Waals surface area contributed by atoms with Gasteiger partial charge in [0.2, 0.25) is 0 Å². The molecule has 2 atom stereocenters. The summed E-state index contributed by atoms with van der Waals surface area (Å²) in [7, 11) is 0. The normalized spacial score (nSPS) is 31.9. The second-order valence-corrected chi connectivity index (χ2v) is 5.09. The Hall–Kier alpha value is -1.40. The Morgan fingerprint density at radius 2 is 2.44 bits per heavy atom. The van der Waals surface area contributed by atoms with Crippen LogP contribution < -0.4 is 5.73 Å². The molecule has 6 nitrogen and oxygen atoms in total. The number of nitrogen functional groups attached to an aromatic ring is 1. The number of ketones is 1. The minimum Gasteiger partial charge on any atom is -0.383 e. The summed E-state index contributed by atoms with van der Waals surface area (Å²) in [5, 5.41) is 6.40. The summed E-state index contributed by atoms with van der Waals surface area (Å²) in [6.07, 6.45) is 3.84. The van der Waals surface area contributed by atoms with Crippen molar-refractivity contribution in [1.29, 1.82) is 0 Å². The number of hydrogen-bond donors (Lipinski definition) is 2. The molecule has 6 heteroatoms. The molecular formula is C12H17N3O3. The highest BCUT2D eigenvalue weighted by atomic mass is 16.6. The molecule has 1 aromatic heterocycles. The Kier molecular flexibility index (Phi) is 2.83. The van der Waals surface area contributed by atoms with Crippen molar-refractivity contribution >= 4 is 11.6 Å². The smallest absolute Gasteiger partial charge is 0.171 e. The van der Waals surface area contributed by atoms with Crippen molar-refractivity contribution in [2.75, 3.05) is 25.6 Å². The van der Waals surface area contributed by atoms with Crippen molar-refractivity contribution in [3.05, 3.63) is 11.8 Å². The fourth-order valence-corrected chi connectivity index (χ4v) is 2.83. The van der Waals surface area contributed by atoms with Crippen LogP contribution in [0.15, 0.2) is 6.20 Å². The van der Waals surface area contributed by atoms with E-state index >= 15 is 0 Å². The lowest BCUT2D eigenvalue weighted by Gasteiger charge is -2.36. The van der Waals surface area contributed by atoms with Crippen molar-refractivity contribution in [2.45, 2.75) is 24.9 Å². The quantitative estimate of drug-likeness (QED) is 0.757. The van der Waals surface area contributed by atoms with Gasteiger partial charge < -0.3 is 15.2 Å². The molecular weight excluding hydrogens is 234 g/mol. The van der Waals surface area contributed by atoms with Gasteiger partial charge in [-0.15, -0.1) is 0 Å². The summed E-state index contributed by atoms with van der Waals surface area (Å²) in [6, 6.07) is 0. The van der Waals surface area contributed by atoms with Gasteiger partial charge in [0.15, 0.2) is 5.78 Å². The first kappa shape index (κ1) is 11.7. The molecule has 0 aromatic carbocycles. The largest absolute Gasteiger partial charge is 0.383 e. The van der Waals surface area contributed by atoms with E-state index in [0.29, 0.717) is 24.6 Å². The lowest BCUT2D eigenvalue weighted by molar-refractivity contribution is -0.0920. The van der Waals surface area contributed by atoms with Gasteiger partial charge in [-0.1, -0.05) is 0 Å². The summed E-state index contributed by atoms with van der Waals surface area (Å²) in [5.41, 5.74) is 5.94. The summed E-state index contributed by atoms with van der Waals surface area (Å²) in [6.45, 7) is 1.92. The van der Waals surface area contributed by atoms with Gasteiger partial charge in [0.25, 0.3) is 0 Å². The lowest BCUT2D eigenvalue weighted by atomic mass is 9.81. The van der Waals surface area contributed by atoms with E-state index in [2.05, 4.69) is 10.2 Å². The standard InChI is InChI=1S/C12H17N3O3/c13-11-9(6-14-15-11)10(16)8-1-3-18-12(5-8)2-4-17-7-12/h6,8H,1-5,7H2,(H3,13,14,15). The van der Waals surface area contributed by atoms with E-state index in [0.717, 1.165) is 25.9 Å². The molecule has 2 fully saturated rings. The van der Waals surface area contributed by atoms with E-state index in [9.17, 15) is 4.79 Å². The first-order chi connectivity index (χ1) is 8.70. The minimum absolute atomic E-state index is 0.0413. The number of hydrogen-bond acceptors (Lipinski definition) is 5. The van der Waals surface area contributed by atoms with E-state index in [1.807, 2.05) is 0 Å². The van der Waals surface area contributed by atoms with Crippen LogP contribution in [0.3, 0.4) is 0 Å². The van der Waals surface area contributed by atoms with Gasteiger partial charge in [0.05, 0.1) is 24.0 Å². The summed E-state index contributed by atoms with van der Waals surface area (Å²) < 4.78 is 11.2. The average Bonchev–Trinajstić information content (AvgIpc) is 2.98. The van der Waals surface area contributed by atoms with Crippen LogP contribution in [-0.2, 0) is 9.47 Å². The predicted octanol–water partition coefficient (Wildman–Crippen LogP) is 0.760. The van der Waals surface area contributed by atoms with Gasteiger partial charge >= 0.3 is 0 Å². The number of nitrogens with zero attached hydrogens (tertiary/aromatic N) is 1. The molecule has 3 N–H and O–H groups in total. The van der Waals surface area contributed by atoms with Gasteiger partial charge in [-0.05, 0) is 12.8 Å². The average molecular weight is 251 g/mol. The van der Waals surface area contributed by atoms with Crippen LogP contribution >= 0.6 is 0 Å². The molecule has 2 aliphatic heterocycles. The summed E-state index contributed by atoms with van der Waals surface area (Å²) in [4.78, 5) is 12.4. The third-order valence-electron chi connectivity index (χ3n) is 3.87. The molecule has 2 unspecified atom stereocenters. The fourth-order valence-electron chi connectivity index (χ4n) is 2.83. The molecule has 98 valence electrons. The first-order valence-corrected chi connectivity index (χ1v) is 6.25. The van der Waals surface area contributed by atoms with Gasteiger partial charge in [0.1, 0.15) is 5.82 Å². The van der Waals surface area contributed by atoms with Crippen molar-refractivity contribution < 1.29 is 14.3 Å². The van der Waals surface area contributed by atoms with Crippen LogP contribution in [0.25, 0.3) is 0 Å². The second-order valence-electron chi connectivity index (χ2n) is 5.09. The van der Waals surface area contributed by atoms with E-state index < -0.39 is 0 Å². The van der Waals surface area contributed by atoms with Crippen LogP contribution in [0.5, 0.6) is 0 Å². The van der Waals surface area contributed by atoms with Crippen LogP contribution in [-0.4, -0.2) is 41.4 Å². The Morgan fingerprint density at radius 3 is 3.11 bits per heavy atom. The topological polar surface area (TPSA) is 90.2 Å². The Labute approximate surface area is 105 Å². The zero-order chi connectivity index (χ0) is 12.6. The summed E-state index contributed by atoms with van der Waals surface area (Å²) in [5.74, 6) is 0.374. The van der Waals surface area contributed by atoms with Gasteiger partial charge in [-0.25, -0.2) is 0 Å². The molecule has 1 aromatic rings. The number of rotatable bonds is 2. The molecule has 1 spiro atoms. The zero-order valence-electron chi connectivity index (χ0n) is 10.1. The second kappa shape index (κ2) is 4.37. The highest BCUT2D eigenvalue weighted by molar-refractivity contribution is 6.01. The van der Waals surface area contributed by atoms with E-state index in [1.165, 1.54) is 6.20 Å². The molecule has 0 aliphatic carbocycles. The SMILES string of the molecule is Nc1[nH]ncc1C(=O)C1CCOC2(CCOC2)C1. The number of nitrogens with one attached hydrogen (secondary N) is 1. The molecule has 0 saturated carbocycles. The number of H-pyrrole nitrogens is 1. The minimum atomic E-state index is -0.253. The number of carbonyl (C=O) groups is 1. The van der Waals surface area contributed by atoms with E-state index in [1.54, 1.807) is 0 Å². The zero-order valence-corrected chi connectivity index (χ0v) is 10.1. The van der Waals surface area contributed by atoms with Gasteiger partial charge in [-0.2, -0.15) is 5.10 Å². The van der Waals surface area contributed by atoms with Crippen molar-refractivity contribution in [2.24, 2.45) is 5.92 Å². The number of ether oxygens (including phenoxy) is 2. The van der Waals surface area contributed by atoms with Crippen molar-refractivity contribution in [3.8, 4) is 0 Å². The van der Waals surface area contributed by atoms with Crippen LogP contribution in [0.1, 0.15) is 29.6 Å². The fraction of sp³-hybridized carbons (Fsp3) is 0.667. The number of aromatic amines is 1. The Balaban J connectivity index is 1.76. The Morgan fingerprint density at radius 1 is 1.56 bits per heavy atom. The van der Waals surface area contributed by atoms with Gasteiger partial charge in [-0.3, -0.25) is 9.89 Å². The predicted molar refractivity (Wildman–Crippen MR) is 64.2 cm³/mol. The maximum Gasteiger partial charge on any atom is 0.171 e. The number of carbonyl (C=O) groups excluding carboxylic acids is 1. The first-order valence-electron chi connectivity index (χ1n) is 6.25. The van der Waals surface area contributed by atoms with Gasteiger partial charge in [0, 0.05) is 25.6 Å². The van der Waals surface area contributed by atoms with Crippen molar-refractivity contribution in [3.63, 3.8) is 0 Å². The number of aromatic nitrogens is 2. The maximum absolute atomic E-state index is 12.4. The molecule has 0 radical (unpaired) electrons. The van der Waals surface area contributed by atoms with Crippen LogP contribution in [0, 0.1) is 5.92 Å². The highest BCUT2D eigenvalue weighted by Crippen LogP contribution is 2.37. The molecule has 0 bridgehead atoms. The van der Waals surface area contributed by atoms with E-state index in [4.69, 9.17) is 15.2 Å². The summed E-state index contributed by atoms with van der Waals surface area (Å²) >= 11 is 0. The molecule has 18 heavy (non-hydrogen) atoms. The molecule has 3 rings (SSSR count). The maximum atomic E-state index is 12.4. The number of nitrogens with two attached hydrogens (primary N) is 1. The lowest BCUT2D eigenvalue weighted by Crippen LogP contribution is -2.42.